The number of hydrogen-bond donors (Lipinski definition) is 2. The largest absolute Gasteiger partial charge is 0.362 e. The fraction of sp³-hybridized carbons (Fsp3) is 0.316. The maximum atomic E-state index is 12.9. The van der Waals surface area contributed by atoms with E-state index in [0.717, 1.165) is 19.5 Å². The molecular weight excluding hydrogens is 380 g/mol. The van der Waals surface area contributed by atoms with E-state index >= 15 is 0 Å². The molecule has 6 nitrogen and oxygen atoms in total. The van der Waals surface area contributed by atoms with Gasteiger partial charge in [0.2, 0.25) is 0 Å². The van der Waals surface area contributed by atoms with Gasteiger partial charge in [-0.25, -0.2) is 8.42 Å². The molecule has 0 bridgehead atoms. The molecule has 0 spiro atoms. The van der Waals surface area contributed by atoms with E-state index in [-0.39, 0.29) is 4.90 Å². The molecule has 0 fully saturated rings. The number of anilines is 2. The zero-order valence-electron chi connectivity index (χ0n) is 15.8. The molecule has 8 heteroatoms. The van der Waals surface area contributed by atoms with E-state index in [1.54, 1.807) is 55.6 Å². The van der Waals surface area contributed by atoms with Crippen molar-refractivity contribution in [2.45, 2.75) is 11.3 Å². The predicted molar refractivity (Wildman–Crippen MR) is 116 cm³/mol. The van der Waals surface area contributed by atoms with E-state index in [2.05, 4.69) is 15.5 Å². The van der Waals surface area contributed by atoms with Crippen molar-refractivity contribution in [3.63, 3.8) is 0 Å². The van der Waals surface area contributed by atoms with Crippen LogP contribution in [0.15, 0.2) is 59.5 Å². The van der Waals surface area contributed by atoms with Crippen LogP contribution >= 0.6 is 12.2 Å². The average molecular weight is 407 g/mol. The van der Waals surface area contributed by atoms with Gasteiger partial charge in [0.05, 0.1) is 10.6 Å². The van der Waals surface area contributed by atoms with Crippen LogP contribution in [0.1, 0.15) is 6.42 Å². The first-order valence-corrected chi connectivity index (χ1v) is 10.5. The van der Waals surface area contributed by atoms with Gasteiger partial charge in [0.1, 0.15) is 0 Å². The zero-order valence-corrected chi connectivity index (χ0v) is 17.5. The summed E-state index contributed by atoms with van der Waals surface area (Å²) in [6.07, 6.45) is 0.963. The van der Waals surface area contributed by atoms with Crippen LogP contribution in [0.4, 0.5) is 11.4 Å². The molecule has 0 unspecified atom stereocenters. The maximum absolute atomic E-state index is 12.9. The summed E-state index contributed by atoms with van der Waals surface area (Å²) >= 11 is 5.28. The fourth-order valence-electron chi connectivity index (χ4n) is 2.44. The predicted octanol–water partition coefficient (Wildman–Crippen LogP) is 2.75. The van der Waals surface area contributed by atoms with Gasteiger partial charge in [0.25, 0.3) is 10.0 Å². The third-order valence-electron chi connectivity index (χ3n) is 3.94. The van der Waals surface area contributed by atoms with Crippen molar-refractivity contribution >= 4 is 38.7 Å². The minimum atomic E-state index is -3.66. The molecule has 0 aliphatic carbocycles. The molecule has 0 aromatic heterocycles. The van der Waals surface area contributed by atoms with Crippen molar-refractivity contribution in [3.8, 4) is 0 Å². The maximum Gasteiger partial charge on any atom is 0.264 e. The molecule has 0 saturated heterocycles. The SMILES string of the molecule is CN(C)CCCNC(=S)Nc1cccc(S(=O)(=O)N(C)c2ccccc2)c1. The molecule has 2 aromatic rings. The molecule has 0 atom stereocenters. The molecule has 2 N–H and O–H groups in total. The van der Waals surface area contributed by atoms with Crippen LogP contribution in [0.3, 0.4) is 0 Å². The van der Waals surface area contributed by atoms with Crippen LogP contribution in [0, 0.1) is 0 Å². The van der Waals surface area contributed by atoms with Crippen molar-refractivity contribution in [2.75, 3.05) is 43.9 Å². The molecule has 0 amide bonds. The molecule has 0 radical (unpaired) electrons. The normalized spacial score (nSPS) is 11.3. The quantitative estimate of drug-likeness (QED) is 0.519. The Bertz CT molecular complexity index is 855. The average Bonchev–Trinajstić information content (AvgIpc) is 2.65. The van der Waals surface area contributed by atoms with Gasteiger partial charge >= 0.3 is 0 Å². The van der Waals surface area contributed by atoms with Gasteiger partial charge in [-0.3, -0.25) is 4.31 Å². The van der Waals surface area contributed by atoms with Gasteiger partial charge < -0.3 is 15.5 Å². The number of sulfonamides is 1. The molecular formula is C19H26N4O2S2. The first kappa shape index (κ1) is 21.1. The minimum Gasteiger partial charge on any atom is -0.362 e. The Morgan fingerprint density at radius 2 is 1.74 bits per heavy atom. The lowest BCUT2D eigenvalue weighted by molar-refractivity contribution is 0.400. The van der Waals surface area contributed by atoms with Crippen molar-refractivity contribution in [3.05, 3.63) is 54.6 Å². The summed E-state index contributed by atoms with van der Waals surface area (Å²) in [6, 6.07) is 15.6. The number of benzene rings is 2. The summed E-state index contributed by atoms with van der Waals surface area (Å²) in [5, 5.41) is 6.64. The first-order valence-electron chi connectivity index (χ1n) is 8.64. The Hall–Kier alpha value is -2.16. The summed E-state index contributed by atoms with van der Waals surface area (Å²) in [7, 11) is 1.93. The van der Waals surface area contributed by atoms with E-state index in [4.69, 9.17) is 12.2 Å². The standard InChI is InChI=1S/C19H26N4O2S2/c1-22(2)14-8-13-20-19(26)21-16-9-7-12-18(15-16)27(24,25)23(3)17-10-5-4-6-11-17/h4-7,9-12,15H,8,13-14H2,1-3H3,(H2,20,21,26). The number of para-hydroxylation sites is 1. The molecule has 27 heavy (non-hydrogen) atoms. The van der Waals surface area contributed by atoms with Crippen LogP contribution in [0.2, 0.25) is 0 Å². The van der Waals surface area contributed by atoms with Crippen LogP contribution in [0.5, 0.6) is 0 Å². The molecule has 146 valence electrons. The summed E-state index contributed by atoms with van der Waals surface area (Å²) in [4.78, 5) is 2.31. The number of rotatable bonds is 8. The number of nitrogens with one attached hydrogen (secondary N) is 2. The summed E-state index contributed by atoms with van der Waals surface area (Å²) in [6.45, 7) is 1.72. The second-order valence-corrected chi connectivity index (χ2v) is 8.75. The van der Waals surface area contributed by atoms with Crippen LogP contribution in [-0.2, 0) is 10.0 Å². The Balaban J connectivity index is 2.05. The van der Waals surface area contributed by atoms with Crippen LogP contribution in [0.25, 0.3) is 0 Å². The van der Waals surface area contributed by atoms with Crippen molar-refractivity contribution in [1.82, 2.24) is 10.2 Å². The lowest BCUT2D eigenvalue weighted by atomic mass is 10.3. The van der Waals surface area contributed by atoms with E-state index < -0.39 is 10.0 Å². The highest BCUT2D eigenvalue weighted by atomic mass is 32.2. The fourth-order valence-corrected chi connectivity index (χ4v) is 3.90. The topological polar surface area (TPSA) is 64.7 Å². The minimum absolute atomic E-state index is 0.203. The second-order valence-electron chi connectivity index (χ2n) is 6.37. The van der Waals surface area contributed by atoms with Crippen molar-refractivity contribution < 1.29 is 8.42 Å². The monoisotopic (exact) mass is 406 g/mol. The third kappa shape index (κ3) is 6.20. The Morgan fingerprint density at radius 3 is 2.41 bits per heavy atom. The van der Waals surface area contributed by atoms with E-state index in [1.807, 2.05) is 20.2 Å². The summed E-state index contributed by atoms with van der Waals surface area (Å²) < 4.78 is 27.0. The van der Waals surface area contributed by atoms with Gasteiger partial charge in [-0.15, -0.1) is 0 Å². The molecule has 0 aliphatic rings. The molecule has 0 saturated carbocycles. The van der Waals surface area contributed by atoms with E-state index in [0.29, 0.717) is 16.5 Å². The number of nitrogens with zero attached hydrogens (tertiary/aromatic N) is 2. The van der Waals surface area contributed by atoms with Gasteiger partial charge in [0.15, 0.2) is 5.11 Å². The smallest absolute Gasteiger partial charge is 0.264 e. The lowest BCUT2D eigenvalue weighted by Crippen LogP contribution is -2.31. The molecule has 0 heterocycles. The highest BCUT2D eigenvalue weighted by molar-refractivity contribution is 7.92. The number of thiocarbonyl (C=S) groups is 1. The van der Waals surface area contributed by atoms with E-state index in [9.17, 15) is 8.42 Å². The lowest BCUT2D eigenvalue weighted by Gasteiger charge is -2.20. The van der Waals surface area contributed by atoms with Crippen molar-refractivity contribution in [2.24, 2.45) is 0 Å². The summed E-state index contributed by atoms with van der Waals surface area (Å²) in [5.74, 6) is 0. The Kier molecular flexibility index (Phi) is 7.58. The van der Waals surface area contributed by atoms with Crippen LogP contribution in [-0.4, -0.2) is 52.7 Å². The van der Waals surface area contributed by atoms with Gasteiger partial charge in [0, 0.05) is 19.3 Å². The van der Waals surface area contributed by atoms with Crippen LogP contribution < -0.4 is 14.9 Å². The summed E-state index contributed by atoms with van der Waals surface area (Å²) in [5.41, 5.74) is 1.23. The zero-order chi connectivity index (χ0) is 19.9. The Labute approximate surface area is 167 Å². The second kappa shape index (κ2) is 9.68. The third-order valence-corrected chi connectivity index (χ3v) is 5.97. The van der Waals surface area contributed by atoms with E-state index in [1.165, 1.54) is 4.31 Å². The van der Waals surface area contributed by atoms with Crippen molar-refractivity contribution in [1.29, 1.82) is 0 Å². The molecule has 0 aliphatic heterocycles. The Morgan fingerprint density at radius 1 is 1.04 bits per heavy atom. The molecule has 2 rings (SSSR count). The highest BCUT2D eigenvalue weighted by Crippen LogP contribution is 2.23. The number of hydrogen-bond acceptors (Lipinski definition) is 4. The molecule has 2 aromatic carbocycles. The highest BCUT2D eigenvalue weighted by Gasteiger charge is 2.21. The van der Waals surface area contributed by atoms with Gasteiger partial charge in [-0.2, -0.15) is 0 Å². The van der Waals surface area contributed by atoms with Gasteiger partial charge in [-0.1, -0.05) is 24.3 Å². The van der Waals surface area contributed by atoms with Gasteiger partial charge in [-0.05, 0) is 69.6 Å². The first-order chi connectivity index (χ1) is 12.8.